The summed E-state index contributed by atoms with van der Waals surface area (Å²) >= 11 is 1.66. The SMILES string of the molecule is Cc1scc(C(=O)N2CCC[C@@H](c3cc4ccccc4cn3)C2)c1C. The van der Waals surface area contributed by atoms with E-state index in [4.69, 9.17) is 0 Å². The van der Waals surface area contributed by atoms with Crippen molar-refractivity contribution < 1.29 is 4.79 Å². The molecular formula is C21H22N2OS. The van der Waals surface area contributed by atoms with Gasteiger partial charge in [0.25, 0.3) is 5.91 Å². The number of carbonyl (C=O) groups is 1. The molecule has 3 heterocycles. The molecule has 1 fully saturated rings. The highest BCUT2D eigenvalue weighted by Crippen LogP contribution is 2.30. The first kappa shape index (κ1) is 16.3. The topological polar surface area (TPSA) is 33.2 Å². The first-order chi connectivity index (χ1) is 12.1. The van der Waals surface area contributed by atoms with Crippen LogP contribution in [0.15, 0.2) is 41.9 Å². The third-order valence-electron chi connectivity index (χ3n) is 5.30. The van der Waals surface area contributed by atoms with Crippen molar-refractivity contribution in [3.63, 3.8) is 0 Å². The molecule has 0 N–H and O–H groups in total. The number of aromatic nitrogens is 1. The minimum absolute atomic E-state index is 0.173. The van der Waals surface area contributed by atoms with E-state index < -0.39 is 0 Å². The molecule has 1 aliphatic heterocycles. The average Bonchev–Trinajstić information content (AvgIpc) is 2.99. The number of hydrogen-bond donors (Lipinski definition) is 0. The Morgan fingerprint density at radius 3 is 2.80 bits per heavy atom. The van der Waals surface area contributed by atoms with Gasteiger partial charge >= 0.3 is 0 Å². The molecule has 1 aromatic carbocycles. The summed E-state index contributed by atoms with van der Waals surface area (Å²) in [6.45, 7) is 5.73. The van der Waals surface area contributed by atoms with Gasteiger partial charge in [0.2, 0.25) is 0 Å². The smallest absolute Gasteiger partial charge is 0.254 e. The van der Waals surface area contributed by atoms with Crippen molar-refractivity contribution in [1.82, 2.24) is 9.88 Å². The van der Waals surface area contributed by atoms with Gasteiger partial charge in [0.05, 0.1) is 5.56 Å². The number of nitrogens with zero attached hydrogens (tertiary/aromatic N) is 2. The van der Waals surface area contributed by atoms with Gasteiger partial charge in [0.1, 0.15) is 0 Å². The van der Waals surface area contributed by atoms with Crippen molar-refractivity contribution >= 4 is 28.0 Å². The number of hydrogen-bond acceptors (Lipinski definition) is 3. The second-order valence-electron chi connectivity index (χ2n) is 6.88. The van der Waals surface area contributed by atoms with Crippen LogP contribution in [0.2, 0.25) is 0 Å². The molecule has 0 spiro atoms. The van der Waals surface area contributed by atoms with Gasteiger partial charge in [-0.3, -0.25) is 9.78 Å². The molecule has 25 heavy (non-hydrogen) atoms. The number of aryl methyl sites for hydroxylation is 1. The standard InChI is InChI=1S/C21H22N2OS/c1-14-15(2)25-13-19(14)21(24)23-9-5-8-18(12-23)20-10-16-6-3-4-7-17(16)11-22-20/h3-4,6-7,10-11,13,18H,5,8-9,12H2,1-2H3/t18-/m1/s1. The molecule has 0 bridgehead atoms. The molecular weight excluding hydrogens is 328 g/mol. The lowest BCUT2D eigenvalue weighted by atomic mass is 9.93. The first-order valence-electron chi connectivity index (χ1n) is 8.82. The zero-order valence-corrected chi connectivity index (χ0v) is 15.5. The van der Waals surface area contributed by atoms with E-state index in [9.17, 15) is 4.79 Å². The minimum Gasteiger partial charge on any atom is -0.338 e. The summed E-state index contributed by atoms with van der Waals surface area (Å²) in [5.41, 5.74) is 3.10. The molecule has 1 atom stereocenters. The Morgan fingerprint density at radius 2 is 2.04 bits per heavy atom. The average molecular weight is 350 g/mol. The second kappa shape index (κ2) is 6.60. The van der Waals surface area contributed by atoms with Gasteiger partial charge in [-0.2, -0.15) is 0 Å². The van der Waals surface area contributed by atoms with E-state index in [1.807, 2.05) is 29.5 Å². The summed E-state index contributed by atoms with van der Waals surface area (Å²) in [6, 6.07) is 10.5. The van der Waals surface area contributed by atoms with Gasteiger partial charge in [-0.15, -0.1) is 11.3 Å². The molecule has 1 amide bonds. The lowest BCUT2D eigenvalue weighted by molar-refractivity contribution is 0.0705. The minimum atomic E-state index is 0.173. The van der Waals surface area contributed by atoms with Gasteiger partial charge in [-0.1, -0.05) is 24.3 Å². The van der Waals surface area contributed by atoms with Crippen molar-refractivity contribution in [3.05, 3.63) is 63.6 Å². The number of fused-ring (bicyclic) bond motifs is 1. The van der Waals surface area contributed by atoms with Gasteiger partial charge in [-0.25, -0.2) is 0 Å². The lowest BCUT2D eigenvalue weighted by Crippen LogP contribution is -2.39. The van der Waals surface area contributed by atoms with Crippen LogP contribution in [0, 0.1) is 13.8 Å². The van der Waals surface area contributed by atoms with E-state index in [0.29, 0.717) is 5.92 Å². The zero-order chi connectivity index (χ0) is 17.4. The summed E-state index contributed by atoms with van der Waals surface area (Å²) in [5.74, 6) is 0.495. The highest BCUT2D eigenvalue weighted by atomic mass is 32.1. The van der Waals surface area contributed by atoms with E-state index in [0.717, 1.165) is 42.8 Å². The normalized spacial score (nSPS) is 17.8. The molecule has 1 aliphatic rings. The van der Waals surface area contributed by atoms with E-state index in [2.05, 4.69) is 36.2 Å². The van der Waals surface area contributed by atoms with E-state index in [-0.39, 0.29) is 5.91 Å². The maximum Gasteiger partial charge on any atom is 0.254 e. The summed E-state index contributed by atoms with van der Waals surface area (Å²) in [4.78, 5) is 20.9. The monoisotopic (exact) mass is 350 g/mol. The molecule has 128 valence electrons. The number of benzene rings is 1. The van der Waals surface area contributed by atoms with Crippen LogP contribution in [0.3, 0.4) is 0 Å². The molecule has 0 unspecified atom stereocenters. The van der Waals surface area contributed by atoms with E-state index >= 15 is 0 Å². The van der Waals surface area contributed by atoms with Crippen LogP contribution >= 0.6 is 11.3 Å². The fourth-order valence-electron chi connectivity index (χ4n) is 3.62. The number of pyridine rings is 1. The lowest BCUT2D eigenvalue weighted by Gasteiger charge is -2.32. The van der Waals surface area contributed by atoms with E-state index in [1.165, 1.54) is 15.6 Å². The van der Waals surface area contributed by atoms with Crippen molar-refractivity contribution in [1.29, 1.82) is 0 Å². The Morgan fingerprint density at radius 1 is 1.24 bits per heavy atom. The van der Waals surface area contributed by atoms with Crippen molar-refractivity contribution in [3.8, 4) is 0 Å². The Labute approximate surface area is 152 Å². The van der Waals surface area contributed by atoms with Gasteiger partial charge < -0.3 is 4.90 Å². The fraction of sp³-hybridized carbons (Fsp3) is 0.333. The Bertz CT molecular complexity index is 931. The third-order valence-corrected chi connectivity index (χ3v) is 6.31. The summed E-state index contributed by atoms with van der Waals surface area (Å²) in [5, 5.41) is 4.39. The second-order valence-corrected chi connectivity index (χ2v) is 7.96. The molecule has 3 aromatic rings. The van der Waals surface area contributed by atoms with E-state index in [1.54, 1.807) is 11.3 Å². The molecule has 4 heteroatoms. The molecule has 3 nitrogen and oxygen atoms in total. The van der Waals surface area contributed by atoms with Gasteiger partial charge in [-0.05, 0) is 43.7 Å². The molecule has 0 radical (unpaired) electrons. The highest BCUT2D eigenvalue weighted by molar-refractivity contribution is 7.10. The first-order valence-corrected chi connectivity index (χ1v) is 9.70. The Hall–Kier alpha value is -2.20. The highest BCUT2D eigenvalue weighted by Gasteiger charge is 2.27. The van der Waals surface area contributed by atoms with Crippen LogP contribution in [-0.2, 0) is 0 Å². The number of likely N-dealkylation sites (tertiary alicyclic amines) is 1. The predicted molar refractivity (Wildman–Crippen MR) is 103 cm³/mol. The van der Waals surface area contributed by atoms with Crippen LogP contribution in [-0.4, -0.2) is 28.9 Å². The quantitative estimate of drug-likeness (QED) is 0.656. The number of amides is 1. The van der Waals surface area contributed by atoms with Crippen LogP contribution in [0.4, 0.5) is 0 Å². The van der Waals surface area contributed by atoms with Crippen LogP contribution in [0.5, 0.6) is 0 Å². The van der Waals surface area contributed by atoms with Crippen LogP contribution in [0.1, 0.15) is 45.3 Å². The number of piperidine rings is 1. The fourth-order valence-corrected chi connectivity index (χ4v) is 4.48. The van der Waals surface area contributed by atoms with Gasteiger partial charge in [0.15, 0.2) is 0 Å². The molecule has 4 rings (SSSR count). The summed E-state index contributed by atoms with van der Waals surface area (Å²) in [7, 11) is 0. The number of carbonyl (C=O) groups excluding carboxylic acids is 1. The largest absolute Gasteiger partial charge is 0.338 e. The Kier molecular flexibility index (Phi) is 4.30. The molecule has 2 aromatic heterocycles. The van der Waals surface area contributed by atoms with Crippen LogP contribution < -0.4 is 0 Å². The third kappa shape index (κ3) is 3.07. The summed E-state index contributed by atoms with van der Waals surface area (Å²) in [6.07, 6.45) is 4.08. The molecule has 1 saturated heterocycles. The van der Waals surface area contributed by atoms with Crippen molar-refractivity contribution in [2.75, 3.05) is 13.1 Å². The number of rotatable bonds is 2. The zero-order valence-electron chi connectivity index (χ0n) is 14.7. The van der Waals surface area contributed by atoms with Crippen molar-refractivity contribution in [2.24, 2.45) is 0 Å². The van der Waals surface area contributed by atoms with Crippen LogP contribution in [0.25, 0.3) is 10.8 Å². The van der Waals surface area contributed by atoms with Crippen molar-refractivity contribution in [2.45, 2.75) is 32.6 Å². The summed E-state index contributed by atoms with van der Waals surface area (Å²) < 4.78 is 0. The van der Waals surface area contributed by atoms with Gasteiger partial charge in [0, 0.05) is 46.5 Å². The Balaban J connectivity index is 1.57. The predicted octanol–water partition coefficient (Wildman–Crippen LogP) is 4.93. The molecule has 0 aliphatic carbocycles. The molecule has 0 saturated carbocycles. The maximum atomic E-state index is 12.9. The number of thiophene rings is 1. The maximum absolute atomic E-state index is 12.9.